The van der Waals surface area contributed by atoms with Gasteiger partial charge < -0.3 is 14.5 Å². The van der Waals surface area contributed by atoms with Crippen molar-refractivity contribution in [2.45, 2.75) is 38.0 Å². The standard InChI is InChI=1S/C24H25F2N7OS/c1-13-10-32(12-19(34-13)14-9-27-33(11-14)16-5-6-16)23-28-20(17-7-4-15(25)8-18(17)26)21-22(29-23)30-24(35-21)31(2)3/h4,7-9,11,13,16,19H,5-6,10,12H2,1-3H3/t13-,19+/m0/s1. The van der Waals surface area contributed by atoms with Gasteiger partial charge in [-0.3, -0.25) is 4.68 Å². The van der Waals surface area contributed by atoms with Gasteiger partial charge in [0, 0.05) is 44.0 Å². The van der Waals surface area contributed by atoms with E-state index in [1.807, 2.05) is 41.7 Å². The SMILES string of the molecule is C[C@H]1CN(c2nc(-c3ccc(F)cc3F)c3sc(N(C)C)nc3n2)C[C@H](c2cnn(C3CC3)c2)O1. The second-order valence-corrected chi connectivity index (χ2v) is 10.3. The van der Waals surface area contributed by atoms with Crippen molar-refractivity contribution in [3.05, 3.63) is 47.8 Å². The van der Waals surface area contributed by atoms with E-state index in [0.29, 0.717) is 41.1 Å². The van der Waals surface area contributed by atoms with Crippen LogP contribution in [-0.2, 0) is 4.74 Å². The van der Waals surface area contributed by atoms with Gasteiger partial charge in [-0.25, -0.2) is 13.8 Å². The summed E-state index contributed by atoms with van der Waals surface area (Å²) in [5, 5.41) is 5.24. The summed E-state index contributed by atoms with van der Waals surface area (Å²) in [4.78, 5) is 18.1. The van der Waals surface area contributed by atoms with Crippen LogP contribution in [-0.4, -0.2) is 58.0 Å². The number of halogens is 2. The van der Waals surface area contributed by atoms with Crippen LogP contribution in [0.4, 0.5) is 19.9 Å². The van der Waals surface area contributed by atoms with E-state index < -0.39 is 11.6 Å². The lowest BCUT2D eigenvalue weighted by Crippen LogP contribution is -2.43. The Labute approximate surface area is 205 Å². The van der Waals surface area contributed by atoms with Crippen molar-refractivity contribution in [1.82, 2.24) is 24.7 Å². The molecular weight excluding hydrogens is 472 g/mol. The molecule has 8 nitrogen and oxygen atoms in total. The van der Waals surface area contributed by atoms with Crippen LogP contribution in [0.25, 0.3) is 21.6 Å². The minimum absolute atomic E-state index is 0.0731. The number of thiazole rings is 1. The molecule has 0 bridgehead atoms. The van der Waals surface area contributed by atoms with Gasteiger partial charge in [0.1, 0.15) is 22.4 Å². The number of rotatable bonds is 5. The molecule has 2 atom stereocenters. The lowest BCUT2D eigenvalue weighted by atomic mass is 10.1. The second-order valence-electron chi connectivity index (χ2n) is 9.37. The summed E-state index contributed by atoms with van der Waals surface area (Å²) in [5.41, 5.74) is 2.13. The molecule has 1 saturated heterocycles. The van der Waals surface area contributed by atoms with E-state index in [2.05, 4.69) is 16.3 Å². The lowest BCUT2D eigenvalue weighted by Gasteiger charge is -2.36. The number of hydrogen-bond donors (Lipinski definition) is 0. The van der Waals surface area contributed by atoms with Crippen LogP contribution in [0.5, 0.6) is 0 Å². The van der Waals surface area contributed by atoms with Crippen molar-refractivity contribution in [1.29, 1.82) is 0 Å². The highest BCUT2D eigenvalue weighted by molar-refractivity contribution is 7.22. The number of ether oxygens (including phenoxy) is 1. The predicted octanol–water partition coefficient (Wildman–Crippen LogP) is 4.60. The van der Waals surface area contributed by atoms with Gasteiger partial charge in [0.15, 0.2) is 10.8 Å². The molecular formula is C24H25F2N7OS. The minimum atomic E-state index is -0.670. The van der Waals surface area contributed by atoms with Crippen LogP contribution in [0.15, 0.2) is 30.6 Å². The maximum absolute atomic E-state index is 14.9. The Hall–Kier alpha value is -3.18. The van der Waals surface area contributed by atoms with Crippen LogP contribution in [0.2, 0.25) is 0 Å². The summed E-state index contributed by atoms with van der Waals surface area (Å²) in [7, 11) is 3.78. The molecule has 35 heavy (non-hydrogen) atoms. The molecule has 6 rings (SSSR count). The highest BCUT2D eigenvalue weighted by atomic mass is 32.1. The van der Waals surface area contributed by atoms with Gasteiger partial charge in [-0.15, -0.1) is 0 Å². The maximum atomic E-state index is 14.9. The van der Waals surface area contributed by atoms with Gasteiger partial charge in [0.25, 0.3) is 0 Å². The molecule has 2 aliphatic rings. The zero-order chi connectivity index (χ0) is 24.3. The molecule has 0 radical (unpaired) electrons. The van der Waals surface area contributed by atoms with Crippen LogP contribution in [0.1, 0.15) is 37.5 Å². The molecule has 3 aromatic heterocycles. The number of nitrogens with zero attached hydrogens (tertiary/aromatic N) is 7. The Morgan fingerprint density at radius 1 is 1.11 bits per heavy atom. The monoisotopic (exact) mass is 497 g/mol. The lowest BCUT2D eigenvalue weighted by molar-refractivity contribution is -0.0178. The van der Waals surface area contributed by atoms with Crippen molar-refractivity contribution in [2.24, 2.45) is 0 Å². The van der Waals surface area contributed by atoms with Gasteiger partial charge in [0.05, 0.1) is 30.6 Å². The normalized spacial score (nSPS) is 20.5. The first-order valence-corrected chi connectivity index (χ1v) is 12.4. The molecule has 0 spiro atoms. The van der Waals surface area contributed by atoms with E-state index in [-0.39, 0.29) is 17.8 Å². The second kappa shape index (κ2) is 8.49. The largest absolute Gasteiger partial charge is 0.367 e. The first-order valence-electron chi connectivity index (χ1n) is 11.6. The van der Waals surface area contributed by atoms with E-state index in [9.17, 15) is 8.78 Å². The molecule has 1 aliphatic heterocycles. The van der Waals surface area contributed by atoms with Crippen molar-refractivity contribution < 1.29 is 13.5 Å². The zero-order valence-electron chi connectivity index (χ0n) is 19.7. The van der Waals surface area contributed by atoms with Crippen molar-refractivity contribution in [3.8, 4) is 11.3 Å². The minimum Gasteiger partial charge on any atom is -0.367 e. The van der Waals surface area contributed by atoms with Gasteiger partial charge in [-0.1, -0.05) is 11.3 Å². The summed E-state index contributed by atoms with van der Waals surface area (Å²) in [6.45, 7) is 3.12. The number of hydrogen-bond acceptors (Lipinski definition) is 8. The number of anilines is 2. The molecule has 4 aromatic rings. The topological polar surface area (TPSA) is 72.2 Å². The van der Waals surface area contributed by atoms with Crippen LogP contribution in [0, 0.1) is 11.6 Å². The molecule has 4 heterocycles. The fourth-order valence-electron chi connectivity index (χ4n) is 4.35. The zero-order valence-corrected chi connectivity index (χ0v) is 20.5. The molecule has 1 aliphatic carbocycles. The molecule has 1 saturated carbocycles. The average molecular weight is 498 g/mol. The quantitative estimate of drug-likeness (QED) is 0.399. The van der Waals surface area contributed by atoms with Crippen molar-refractivity contribution in [2.75, 3.05) is 37.0 Å². The summed E-state index contributed by atoms with van der Waals surface area (Å²) in [6.07, 6.45) is 5.99. The van der Waals surface area contributed by atoms with E-state index in [1.54, 1.807) is 0 Å². The molecule has 182 valence electrons. The molecule has 11 heteroatoms. The van der Waals surface area contributed by atoms with Gasteiger partial charge in [-0.2, -0.15) is 15.1 Å². The highest BCUT2D eigenvalue weighted by Gasteiger charge is 2.32. The summed E-state index contributed by atoms with van der Waals surface area (Å²) >= 11 is 1.38. The Bertz CT molecular complexity index is 1400. The van der Waals surface area contributed by atoms with Crippen LogP contribution < -0.4 is 9.80 Å². The van der Waals surface area contributed by atoms with Crippen molar-refractivity contribution in [3.63, 3.8) is 0 Å². The van der Waals surface area contributed by atoms with Crippen LogP contribution >= 0.6 is 11.3 Å². The van der Waals surface area contributed by atoms with E-state index >= 15 is 0 Å². The number of morpholine rings is 1. The molecule has 0 amide bonds. The van der Waals surface area contributed by atoms with Crippen LogP contribution in [0.3, 0.4) is 0 Å². The summed E-state index contributed by atoms with van der Waals surface area (Å²) < 4.78 is 37.4. The summed E-state index contributed by atoms with van der Waals surface area (Å²) in [6, 6.07) is 4.03. The molecule has 2 fully saturated rings. The van der Waals surface area contributed by atoms with Gasteiger partial charge >= 0.3 is 0 Å². The third kappa shape index (κ3) is 4.23. The molecule has 1 aromatic carbocycles. The number of benzene rings is 1. The van der Waals surface area contributed by atoms with Gasteiger partial charge in [-0.05, 0) is 31.9 Å². The first-order chi connectivity index (χ1) is 16.9. The number of aromatic nitrogens is 5. The van der Waals surface area contributed by atoms with Gasteiger partial charge in [0.2, 0.25) is 5.95 Å². The fraction of sp³-hybridized carbons (Fsp3) is 0.417. The fourth-order valence-corrected chi connectivity index (χ4v) is 5.29. The molecule has 0 N–H and O–H groups in total. The van der Waals surface area contributed by atoms with E-state index in [4.69, 9.17) is 14.7 Å². The van der Waals surface area contributed by atoms with E-state index in [1.165, 1.54) is 23.5 Å². The first kappa shape index (κ1) is 22.3. The highest BCUT2D eigenvalue weighted by Crippen LogP contribution is 2.38. The third-order valence-electron chi connectivity index (χ3n) is 6.26. The maximum Gasteiger partial charge on any atom is 0.228 e. The Kier molecular flexibility index (Phi) is 5.41. The Morgan fingerprint density at radius 2 is 1.94 bits per heavy atom. The van der Waals surface area contributed by atoms with E-state index in [0.717, 1.165) is 29.6 Å². The third-order valence-corrected chi connectivity index (χ3v) is 7.48. The number of fused-ring (bicyclic) bond motifs is 1. The Morgan fingerprint density at radius 3 is 2.69 bits per heavy atom. The smallest absolute Gasteiger partial charge is 0.228 e. The Balaban J connectivity index is 1.41. The molecule has 0 unspecified atom stereocenters. The summed E-state index contributed by atoms with van der Waals surface area (Å²) in [5.74, 6) is -0.857. The predicted molar refractivity (Wildman–Crippen MR) is 131 cm³/mol. The van der Waals surface area contributed by atoms with Crippen molar-refractivity contribution >= 4 is 32.8 Å². The average Bonchev–Trinajstić information content (AvgIpc) is 3.38.